The SMILES string of the molecule is N=[N+]=NCCOCCN.O=C(O)CCOCCN(CCOCCC(=O)O)CCOCCC(=O)O.[N-]=[N+]=NCCOCCNC(=O)CCOCCN(CCOCCC(=O)NCCOCCN=[N+]=[N-])CCOCCC(=O)NCCOCCN=[N+]=[N-]. The Balaban J connectivity index is -0.00000155. The standard InChI is InChI=1S/C27H51N13O9.C15H27NO9.C4H11N4O/c28-37-34-7-19-47-16-4-31-25(41)1-13-44-22-10-40(11-23-45-14-2-26(42)32-5-17-48-20-8-35-38-29)12-24-46-15-3-27(43)33-6-18-49-21-9-36-39-30;17-13(18)1-7-23-10-4-16(5-11-24-8-2-14(19)20)6-12-25-9-3-15(21)22;5-1-3-9-4-2-7-8-6/h1-24H2,(H,31,41)(H,32,42)(H,33,43);1-12H2,(H,17,18)(H,19,20)(H,21,22);6H,1-5H2/q;;+1. The van der Waals surface area contributed by atoms with Gasteiger partial charge in [-0.25, -0.2) is 0 Å². The average Bonchev–Trinajstić information content (AvgIpc) is 3.45. The van der Waals surface area contributed by atoms with Gasteiger partial charge in [0.05, 0.1) is 151 Å². The number of hydrogen-bond donors (Lipinski definition) is 8. The zero-order valence-corrected chi connectivity index (χ0v) is 47.5. The average molecular weight is 1200 g/mol. The molecule has 3 amide bonds. The Labute approximate surface area is 482 Å². The van der Waals surface area contributed by atoms with Gasteiger partial charge in [0.15, 0.2) is 0 Å². The molecule has 0 aliphatic heterocycles. The molecular formula is C46H89N18O19+. The van der Waals surface area contributed by atoms with Crippen LogP contribution in [0.2, 0.25) is 0 Å². The van der Waals surface area contributed by atoms with Crippen molar-refractivity contribution in [2.75, 3.05) is 224 Å². The van der Waals surface area contributed by atoms with Crippen LogP contribution in [0.15, 0.2) is 20.5 Å². The molecule has 0 spiro atoms. The molecule has 0 radical (unpaired) electrons. The van der Waals surface area contributed by atoms with E-state index in [4.69, 9.17) is 90.5 Å². The molecule has 83 heavy (non-hydrogen) atoms. The molecule has 0 aromatic heterocycles. The number of ether oxygens (including phenoxy) is 10. The maximum atomic E-state index is 12.0. The number of nitrogens with one attached hydrogen (secondary N) is 4. The number of aliphatic carboxylic acids is 3. The first-order valence-corrected chi connectivity index (χ1v) is 26.8. The van der Waals surface area contributed by atoms with Crippen LogP contribution in [0, 0.1) is 5.53 Å². The van der Waals surface area contributed by atoms with Crippen LogP contribution in [-0.2, 0) is 76.1 Å². The minimum atomic E-state index is -0.921. The van der Waals surface area contributed by atoms with Crippen molar-refractivity contribution >= 4 is 35.6 Å². The number of nitrogens with zero attached hydrogens (tertiary/aromatic N) is 13. The number of carbonyl (C=O) groups excluding carboxylic acids is 3. The second-order valence-electron chi connectivity index (χ2n) is 16.2. The molecule has 9 N–H and O–H groups in total. The van der Waals surface area contributed by atoms with Gasteiger partial charge in [0.2, 0.25) is 22.6 Å². The molecule has 0 saturated carbocycles. The number of carbonyl (C=O) groups is 6. The van der Waals surface area contributed by atoms with E-state index in [0.717, 1.165) is 0 Å². The number of azide groups is 3. The summed E-state index contributed by atoms with van der Waals surface area (Å²) >= 11 is 0. The van der Waals surface area contributed by atoms with E-state index in [2.05, 4.69) is 61.0 Å². The molecule has 0 fully saturated rings. The van der Waals surface area contributed by atoms with E-state index in [1.54, 1.807) is 0 Å². The summed E-state index contributed by atoms with van der Waals surface area (Å²) < 4.78 is 53.2. The lowest BCUT2D eigenvalue weighted by Gasteiger charge is -2.22. The lowest BCUT2D eigenvalue weighted by Crippen LogP contribution is -2.35. The fraction of sp³-hybridized carbons (Fsp3) is 0.870. The Kier molecular flexibility index (Phi) is 66.2. The van der Waals surface area contributed by atoms with Crippen molar-refractivity contribution in [1.29, 1.82) is 5.53 Å². The van der Waals surface area contributed by atoms with Crippen molar-refractivity contribution in [3.63, 3.8) is 0 Å². The van der Waals surface area contributed by atoms with Gasteiger partial charge in [0, 0.05) is 119 Å². The summed E-state index contributed by atoms with van der Waals surface area (Å²) in [5.41, 5.74) is 36.0. The number of carboxylic acid groups (broad SMARTS) is 3. The summed E-state index contributed by atoms with van der Waals surface area (Å²) in [6, 6.07) is 0. The third kappa shape index (κ3) is 73.5. The van der Waals surface area contributed by atoms with Gasteiger partial charge >= 0.3 is 17.9 Å². The molecule has 0 aromatic carbocycles. The largest absolute Gasteiger partial charge is 0.481 e. The number of rotatable bonds is 59. The maximum Gasteiger partial charge on any atom is 0.305 e. The van der Waals surface area contributed by atoms with E-state index in [1.165, 1.54) is 0 Å². The van der Waals surface area contributed by atoms with Gasteiger partial charge in [-0.3, -0.25) is 38.6 Å². The molecular weight excluding hydrogens is 1110 g/mol. The first-order chi connectivity index (χ1) is 40.4. The van der Waals surface area contributed by atoms with Gasteiger partial charge in [-0.15, -0.1) is 0 Å². The monoisotopic (exact) mass is 1200 g/mol. The summed E-state index contributed by atoms with van der Waals surface area (Å²) in [4.78, 5) is 81.8. The van der Waals surface area contributed by atoms with Crippen LogP contribution in [0.5, 0.6) is 0 Å². The number of carboxylic acids is 3. The quantitative estimate of drug-likeness (QED) is 0.0173. The second kappa shape index (κ2) is 68.0. The number of nitrogens with two attached hydrogens (primary N) is 1. The summed E-state index contributed by atoms with van der Waals surface area (Å²) in [5.74, 6) is -3.26. The Morgan fingerprint density at radius 2 is 0.614 bits per heavy atom. The van der Waals surface area contributed by atoms with Crippen molar-refractivity contribution in [2.24, 2.45) is 26.2 Å². The van der Waals surface area contributed by atoms with Crippen molar-refractivity contribution in [2.45, 2.75) is 38.5 Å². The topological polar surface area (TPSA) is 521 Å². The summed E-state index contributed by atoms with van der Waals surface area (Å²) in [6.45, 7) is 12.1. The third-order valence-electron chi connectivity index (χ3n) is 9.68. The Hall–Kier alpha value is -6.46. The molecule has 0 atom stereocenters. The molecule has 0 aliphatic rings. The van der Waals surface area contributed by atoms with E-state index >= 15 is 0 Å². The molecule has 37 nitrogen and oxygen atoms in total. The molecule has 0 bridgehead atoms. The van der Waals surface area contributed by atoms with Crippen LogP contribution in [-0.4, -0.2) is 285 Å². The lowest BCUT2D eigenvalue weighted by molar-refractivity contribution is -0.139. The van der Waals surface area contributed by atoms with Gasteiger partial charge in [0.1, 0.15) is 17.2 Å². The number of hydrogen-bond acceptors (Lipinski definition) is 24. The van der Waals surface area contributed by atoms with Gasteiger partial charge < -0.3 is 84.4 Å². The number of amides is 3. The first-order valence-electron chi connectivity index (χ1n) is 26.8. The third-order valence-corrected chi connectivity index (χ3v) is 9.68. The zero-order valence-electron chi connectivity index (χ0n) is 47.5. The normalized spacial score (nSPS) is 10.4. The first kappa shape index (κ1) is 80.8. The van der Waals surface area contributed by atoms with E-state index in [-0.39, 0.29) is 135 Å². The smallest absolute Gasteiger partial charge is 0.305 e. The van der Waals surface area contributed by atoms with Crippen LogP contribution in [0.25, 0.3) is 31.3 Å². The maximum absolute atomic E-state index is 12.0. The highest BCUT2D eigenvalue weighted by atomic mass is 16.5. The summed E-state index contributed by atoms with van der Waals surface area (Å²) in [5, 5.41) is 47.2. The highest BCUT2D eigenvalue weighted by molar-refractivity contribution is 5.76. The van der Waals surface area contributed by atoms with E-state index in [0.29, 0.717) is 145 Å². The van der Waals surface area contributed by atoms with Crippen molar-refractivity contribution in [3.8, 4) is 0 Å². The highest BCUT2D eigenvalue weighted by Crippen LogP contribution is 1.97. The predicted octanol–water partition coefficient (Wildman–Crippen LogP) is 0.112. The lowest BCUT2D eigenvalue weighted by atomic mass is 10.4. The van der Waals surface area contributed by atoms with E-state index < -0.39 is 17.9 Å². The van der Waals surface area contributed by atoms with Crippen molar-refractivity contribution < 1.29 is 91.5 Å². The van der Waals surface area contributed by atoms with Crippen LogP contribution in [0.4, 0.5) is 0 Å². The predicted molar refractivity (Wildman–Crippen MR) is 294 cm³/mol. The molecule has 0 saturated heterocycles. The second-order valence-corrected chi connectivity index (χ2v) is 16.2. The summed E-state index contributed by atoms with van der Waals surface area (Å²) in [7, 11) is 0. The molecule has 0 unspecified atom stereocenters. The van der Waals surface area contributed by atoms with Crippen LogP contribution >= 0.6 is 0 Å². The molecule has 0 heterocycles. The zero-order chi connectivity index (χ0) is 61.8. The van der Waals surface area contributed by atoms with Gasteiger partial charge in [-0.1, -0.05) is 15.3 Å². The molecule has 0 aromatic rings. The minimum Gasteiger partial charge on any atom is -0.481 e. The van der Waals surface area contributed by atoms with Crippen LogP contribution in [0.3, 0.4) is 0 Å². The minimum absolute atomic E-state index is 0.0589. The molecule has 0 rings (SSSR count). The Morgan fingerprint density at radius 1 is 0.373 bits per heavy atom. The van der Waals surface area contributed by atoms with Crippen LogP contribution in [0.1, 0.15) is 38.5 Å². The summed E-state index contributed by atoms with van der Waals surface area (Å²) in [6.07, 6.45) is 0.403. The molecule has 37 heteroatoms. The fourth-order valence-corrected chi connectivity index (χ4v) is 5.57. The molecule has 0 aliphatic carbocycles. The van der Waals surface area contributed by atoms with Gasteiger partial charge in [-0.05, 0) is 16.6 Å². The highest BCUT2D eigenvalue weighted by Gasteiger charge is 2.10. The fourth-order valence-electron chi connectivity index (χ4n) is 5.57. The van der Waals surface area contributed by atoms with Crippen LogP contribution < -0.4 is 26.6 Å². The van der Waals surface area contributed by atoms with E-state index in [9.17, 15) is 28.8 Å². The Morgan fingerprint density at radius 3 is 0.855 bits per heavy atom. The van der Waals surface area contributed by atoms with Gasteiger partial charge in [0.25, 0.3) is 0 Å². The molecule has 476 valence electrons. The van der Waals surface area contributed by atoms with Crippen molar-refractivity contribution in [1.82, 2.24) is 30.7 Å². The van der Waals surface area contributed by atoms with Crippen molar-refractivity contribution in [3.05, 3.63) is 31.3 Å². The van der Waals surface area contributed by atoms with E-state index in [1.807, 2.05) is 4.90 Å². The van der Waals surface area contributed by atoms with Gasteiger partial charge in [-0.2, -0.15) is 0 Å². The Bertz CT molecular complexity index is 1650.